The topological polar surface area (TPSA) is 55.4 Å². The van der Waals surface area contributed by atoms with E-state index in [9.17, 15) is 8.42 Å². The first kappa shape index (κ1) is 20.0. The van der Waals surface area contributed by atoms with Crippen LogP contribution in [0.2, 0.25) is 0 Å². The minimum Gasteiger partial charge on any atom is -0.494 e. The smallest absolute Gasteiger partial charge is 0.241 e. The van der Waals surface area contributed by atoms with E-state index in [-0.39, 0.29) is 5.41 Å². The number of hydrogen-bond acceptors (Lipinski definition) is 3. The molecule has 1 aromatic carbocycles. The molecule has 0 atom stereocenters. The maximum Gasteiger partial charge on any atom is 0.241 e. The molecule has 132 valence electrons. The number of benzene rings is 1. The Bertz CT molecular complexity index is 628. The normalized spacial score (nSPS) is 13.2. The van der Waals surface area contributed by atoms with Gasteiger partial charge in [0.2, 0.25) is 10.0 Å². The van der Waals surface area contributed by atoms with Gasteiger partial charge < -0.3 is 4.74 Å². The van der Waals surface area contributed by atoms with Crippen molar-refractivity contribution in [2.24, 2.45) is 5.41 Å². The van der Waals surface area contributed by atoms with E-state index in [1.165, 1.54) is 0 Å². The molecule has 0 spiro atoms. The van der Waals surface area contributed by atoms with Gasteiger partial charge in [-0.3, -0.25) is 0 Å². The zero-order valence-electron chi connectivity index (χ0n) is 15.5. The van der Waals surface area contributed by atoms with Gasteiger partial charge in [-0.1, -0.05) is 27.7 Å². The summed E-state index contributed by atoms with van der Waals surface area (Å²) in [7, 11) is -3.56. The van der Waals surface area contributed by atoms with Crippen LogP contribution in [0.4, 0.5) is 0 Å². The molecule has 4 nitrogen and oxygen atoms in total. The lowest BCUT2D eigenvalue weighted by Gasteiger charge is -2.33. The Labute approximate surface area is 141 Å². The summed E-state index contributed by atoms with van der Waals surface area (Å²) in [5.41, 5.74) is 0.435. The van der Waals surface area contributed by atoms with E-state index in [0.29, 0.717) is 11.5 Å². The van der Waals surface area contributed by atoms with Crippen LogP contribution in [-0.4, -0.2) is 20.6 Å². The van der Waals surface area contributed by atoms with Crippen molar-refractivity contribution in [3.05, 3.63) is 23.8 Å². The fourth-order valence-electron chi connectivity index (χ4n) is 3.08. The van der Waals surface area contributed by atoms with Gasteiger partial charge >= 0.3 is 0 Å². The Hall–Kier alpha value is -1.07. The molecule has 0 heterocycles. The Morgan fingerprint density at radius 1 is 1.09 bits per heavy atom. The van der Waals surface area contributed by atoms with E-state index in [0.717, 1.165) is 24.2 Å². The summed E-state index contributed by atoms with van der Waals surface area (Å²) in [4.78, 5) is 0.291. The quantitative estimate of drug-likeness (QED) is 0.811. The van der Waals surface area contributed by atoms with Crippen molar-refractivity contribution in [2.75, 3.05) is 6.61 Å². The molecule has 1 rings (SSSR count). The zero-order chi connectivity index (χ0) is 17.9. The predicted molar refractivity (Wildman–Crippen MR) is 95.5 cm³/mol. The van der Waals surface area contributed by atoms with Crippen LogP contribution in [-0.2, 0) is 16.4 Å². The Morgan fingerprint density at radius 2 is 1.70 bits per heavy atom. The molecule has 0 radical (unpaired) electrons. The SMILES string of the molecule is CCOc1ccc(S(=O)(=O)NC(C)(C)CC(C)(C)C)cc1CC. The van der Waals surface area contributed by atoms with E-state index in [1.807, 2.05) is 27.7 Å². The molecule has 1 aromatic rings. The summed E-state index contributed by atoms with van der Waals surface area (Å²) < 4.78 is 33.8. The second kappa shape index (κ2) is 7.22. The van der Waals surface area contributed by atoms with E-state index < -0.39 is 15.6 Å². The van der Waals surface area contributed by atoms with Crippen LogP contribution in [0.5, 0.6) is 5.75 Å². The van der Waals surface area contributed by atoms with Crippen molar-refractivity contribution < 1.29 is 13.2 Å². The minimum atomic E-state index is -3.56. The van der Waals surface area contributed by atoms with Gasteiger partial charge in [-0.05, 0) is 62.8 Å². The van der Waals surface area contributed by atoms with Crippen LogP contribution in [0.1, 0.15) is 60.5 Å². The highest BCUT2D eigenvalue weighted by molar-refractivity contribution is 7.89. The van der Waals surface area contributed by atoms with Crippen molar-refractivity contribution in [1.82, 2.24) is 4.72 Å². The van der Waals surface area contributed by atoms with Gasteiger partial charge in [-0.25, -0.2) is 13.1 Å². The summed E-state index contributed by atoms with van der Waals surface area (Å²) in [6.07, 6.45) is 1.47. The standard InChI is InChI=1S/C18H31NO3S/c1-8-14-12-15(10-11-16(14)22-9-2)23(20,21)19-18(6,7)13-17(3,4)5/h10-12,19H,8-9,13H2,1-7H3. The van der Waals surface area contributed by atoms with Crippen LogP contribution < -0.4 is 9.46 Å². The van der Waals surface area contributed by atoms with Gasteiger partial charge in [0.1, 0.15) is 5.75 Å². The highest BCUT2D eigenvalue weighted by atomic mass is 32.2. The fraction of sp³-hybridized carbons (Fsp3) is 0.667. The van der Waals surface area contributed by atoms with Crippen molar-refractivity contribution in [3.63, 3.8) is 0 Å². The van der Waals surface area contributed by atoms with E-state index in [1.54, 1.807) is 18.2 Å². The summed E-state index contributed by atoms with van der Waals surface area (Å²) in [6, 6.07) is 5.06. The van der Waals surface area contributed by atoms with Crippen LogP contribution in [0.25, 0.3) is 0 Å². The number of nitrogens with one attached hydrogen (secondary N) is 1. The third kappa shape index (κ3) is 6.15. The zero-order valence-corrected chi connectivity index (χ0v) is 16.3. The second-order valence-corrected chi connectivity index (χ2v) is 9.47. The highest BCUT2D eigenvalue weighted by Gasteiger charge is 2.30. The molecule has 1 N–H and O–H groups in total. The second-order valence-electron chi connectivity index (χ2n) is 7.78. The molecule has 0 bridgehead atoms. The Balaban J connectivity index is 3.09. The number of hydrogen-bond donors (Lipinski definition) is 1. The van der Waals surface area contributed by atoms with Gasteiger partial charge in [0.05, 0.1) is 11.5 Å². The molecular weight excluding hydrogens is 310 g/mol. The highest BCUT2D eigenvalue weighted by Crippen LogP contribution is 2.29. The van der Waals surface area contributed by atoms with Gasteiger partial charge in [0.25, 0.3) is 0 Å². The summed E-state index contributed by atoms with van der Waals surface area (Å²) in [6.45, 7) is 14.6. The summed E-state index contributed by atoms with van der Waals surface area (Å²) in [5, 5.41) is 0. The van der Waals surface area contributed by atoms with Gasteiger partial charge in [-0.15, -0.1) is 0 Å². The van der Waals surface area contributed by atoms with E-state index >= 15 is 0 Å². The monoisotopic (exact) mass is 341 g/mol. The predicted octanol–water partition coefficient (Wildman–Crippen LogP) is 4.14. The average molecular weight is 342 g/mol. The van der Waals surface area contributed by atoms with Crippen molar-refractivity contribution >= 4 is 10.0 Å². The largest absolute Gasteiger partial charge is 0.494 e. The molecule has 0 saturated heterocycles. The average Bonchev–Trinajstić information content (AvgIpc) is 2.34. The molecule has 0 aromatic heterocycles. The fourth-order valence-corrected chi connectivity index (χ4v) is 4.54. The van der Waals surface area contributed by atoms with Crippen LogP contribution in [0, 0.1) is 5.41 Å². The van der Waals surface area contributed by atoms with Crippen molar-refractivity contribution in [1.29, 1.82) is 0 Å². The molecular formula is C18H31NO3S. The lowest BCUT2D eigenvalue weighted by molar-refractivity contribution is 0.269. The molecule has 0 amide bonds. The molecule has 5 heteroatoms. The van der Waals surface area contributed by atoms with E-state index in [4.69, 9.17) is 4.74 Å². The number of sulfonamides is 1. The molecule has 0 saturated carbocycles. The maximum absolute atomic E-state index is 12.7. The molecule has 0 unspecified atom stereocenters. The molecule has 0 aliphatic heterocycles. The Kier molecular flexibility index (Phi) is 6.27. The third-order valence-electron chi connectivity index (χ3n) is 3.41. The first-order chi connectivity index (χ1) is 10.4. The van der Waals surface area contributed by atoms with Gasteiger partial charge in [-0.2, -0.15) is 0 Å². The van der Waals surface area contributed by atoms with Crippen molar-refractivity contribution in [3.8, 4) is 5.75 Å². The number of ether oxygens (including phenoxy) is 1. The van der Waals surface area contributed by atoms with Gasteiger partial charge in [0.15, 0.2) is 0 Å². The van der Waals surface area contributed by atoms with Crippen molar-refractivity contribution in [2.45, 2.75) is 71.7 Å². The minimum absolute atomic E-state index is 0.0411. The van der Waals surface area contributed by atoms with Crippen LogP contribution in [0.15, 0.2) is 23.1 Å². The lowest BCUT2D eigenvalue weighted by atomic mass is 9.82. The first-order valence-corrected chi connectivity index (χ1v) is 9.68. The van der Waals surface area contributed by atoms with Crippen LogP contribution >= 0.6 is 0 Å². The lowest BCUT2D eigenvalue weighted by Crippen LogP contribution is -2.45. The summed E-state index contributed by atoms with van der Waals surface area (Å²) >= 11 is 0. The van der Waals surface area contributed by atoms with Gasteiger partial charge in [0, 0.05) is 5.54 Å². The molecule has 0 aliphatic rings. The molecule has 0 aliphatic carbocycles. The summed E-state index contributed by atoms with van der Waals surface area (Å²) in [5.74, 6) is 0.753. The van der Waals surface area contributed by atoms with Crippen LogP contribution in [0.3, 0.4) is 0 Å². The van der Waals surface area contributed by atoms with E-state index in [2.05, 4.69) is 25.5 Å². The first-order valence-electron chi connectivity index (χ1n) is 8.20. The molecule has 0 fully saturated rings. The number of rotatable bonds is 7. The molecule has 23 heavy (non-hydrogen) atoms. The Morgan fingerprint density at radius 3 is 2.17 bits per heavy atom. The maximum atomic E-state index is 12.7. The number of aryl methyl sites for hydroxylation is 1. The third-order valence-corrected chi connectivity index (χ3v) is 5.10.